The van der Waals surface area contributed by atoms with Crippen LogP contribution in [0.2, 0.25) is 0 Å². The fraction of sp³-hybridized carbons (Fsp3) is 0.545. The monoisotopic (exact) mass is 294 g/mol. The van der Waals surface area contributed by atoms with Gasteiger partial charge in [0.25, 0.3) is 0 Å². The van der Waals surface area contributed by atoms with Crippen LogP contribution in [0.1, 0.15) is 64.5 Å². The van der Waals surface area contributed by atoms with Crippen LogP contribution in [0, 0.1) is 11.3 Å². The minimum absolute atomic E-state index is 0.233. The second-order valence-corrected chi connectivity index (χ2v) is 7.69. The molecule has 2 aliphatic carbocycles. The Kier molecular flexibility index (Phi) is 4.05. The second-order valence-electron chi connectivity index (χ2n) is 7.69. The molecule has 22 heavy (non-hydrogen) atoms. The van der Waals surface area contributed by atoms with Crippen LogP contribution in [0.15, 0.2) is 48.1 Å². The maximum atomic E-state index is 2.48. The summed E-state index contributed by atoms with van der Waals surface area (Å²) in [6.07, 6.45) is 13.5. The van der Waals surface area contributed by atoms with Gasteiger partial charge in [-0.05, 0) is 48.1 Å². The van der Waals surface area contributed by atoms with E-state index in [1.807, 2.05) is 0 Å². The van der Waals surface area contributed by atoms with Crippen LogP contribution in [-0.4, -0.2) is 0 Å². The topological polar surface area (TPSA) is 0 Å². The highest BCUT2D eigenvalue weighted by Gasteiger charge is 2.44. The van der Waals surface area contributed by atoms with E-state index in [9.17, 15) is 0 Å². The van der Waals surface area contributed by atoms with Gasteiger partial charge in [0, 0.05) is 5.41 Å². The number of rotatable bonds is 4. The number of hydrogen-bond donors (Lipinski definition) is 0. The maximum Gasteiger partial charge on any atom is 0.0145 e. The fourth-order valence-electron chi connectivity index (χ4n) is 5.11. The molecule has 0 radical (unpaired) electrons. The smallest absolute Gasteiger partial charge is 0.0145 e. The first-order valence-electron chi connectivity index (χ1n) is 9.03. The molecule has 3 rings (SSSR count). The number of hydrogen-bond acceptors (Lipinski definition) is 0. The van der Waals surface area contributed by atoms with E-state index < -0.39 is 0 Å². The molecule has 0 nitrogen and oxygen atoms in total. The molecule has 3 atom stereocenters. The van der Waals surface area contributed by atoms with E-state index in [0.717, 1.165) is 0 Å². The van der Waals surface area contributed by atoms with E-state index >= 15 is 0 Å². The molecule has 0 aliphatic heterocycles. The number of aryl methyl sites for hydroxylation is 1. The van der Waals surface area contributed by atoms with Gasteiger partial charge < -0.3 is 0 Å². The lowest BCUT2D eigenvalue weighted by Gasteiger charge is -2.44. The first-order valence-corrected chi connectivity index (χ1v) is 9.03. The van der Waals surface area contributed by atoms with Gasteiger partial charge in [-0.2, -0.15) is 0 Å². The molecule has 0 saturated carbocycles. The summed E-state index contributed by atoms with van der Waals surface area (Å²) in [6, 6.07) is 9.10. The predicted molar refractivity (Wildman–Crippen MR) is 96.1 cm³/mol. The molecule has 1 aromatic carbocycles. The van der Waals surface area contributed by atoms with Gasteiger partial charge >= 0.3 is 0 Å². The van der Waals surface area contributed by atoms with Gasteiger partial charge in [0.2, 0.25) is 0 Å². The molecule has 0 fully saturated rings. The van der Waals surface area contributed by atoms with Crippen molar-refractivity contribution < 1.29 is 0 Å². The second kappa shape index (κ2) is 5.72. The zero-order chi connectivity index (χ0) is 15.8. The van der Waals surface area contributed by atoms with E-state index in [-0.39, 0.29) is 5.41 Å². The van der Waals surface area contributed by atoms with Gasteiger partial charge in [-0.15, -0.1) is 0 Å². The van der Waals surface area contributed by atoms with Crippen molar-refractivity contribution in [1.29, 1.82) is 0 Å². The summed E-state index contributed by atoms with van der Waals surface area (Å²) >= 11 is 0. The van der Waals surface area contributed by atoms with Crippen molar-refractivity contribution in [2.75, 3.05) is 0 Å². The van der Waals surface area contributed by atoms with Crippen molar-refractivity contribution in [3.63, 3.8) is 0 Å². The van der Waals surface area contributed by atoms with Crippen LogP contribution in [0.5, 0.6) is 0 Å². The largest absolute Gasteiger partial charge is 0.0780 e. The van der Waals surface area contributed by atoms with Crippen LogP contribution in [0.25, 0.3) is 0 Å². The molecule has 0 heteroatoms. The Balaban J connectivity index is 2.04. The minimum Gasteiger partial charge on any atom is -0.0780 e. The summed E-state index contributed by atoms with van der Waals surface area (Å²) in [5, 5.41) is 0. The third-order valence-electron chi connectivity index (χ3n) is 6.26. The highest BCUT2D eigenvalue weighted by Crippen LogP contribution is 2.53. The highest BCUT2D eigenvalue weighted by molar-refractivity contribution is 5.48. The lowest BCUT2D eigenvalue weighted by molar-refractivity contribution is 0.235. The molecular formula is C22H30. The van der Waals surface area contributed by atoms with Crippen LogP contribution < -0.4 is 0 Å². The van der Waals surface area contributed by atoms with Gasteiger partial charge in [0.05, 0.1) is 0 Å². The zero-order valence-electron chi connectivity index (χ0n) is 14.7. The predicted octanol–water partition coefficient (Wildman–Crippen LogP) is 6.22. The van der Waals surface area contributed by atoms with Crippen molar-refractivity contribution in [2.45, 2.75) is 65.2 Å². The summed E-state index contributed by atoms with van der Waals surface area (Å²) in [5.74, 6) is 0.675. The molecule has 0 spiro atoms. The summed E-state index contributed by atoms with van der Waals surface area (Å²) in [5.41, 5.74) is 5.38. The Morgan fingerprint density at radius 3 is 2.64 bits per heavy atom. The third kappa shape index (κ3) is 2.28. The Morgan fingerprint density at radius 2 is 1.91 bits per heavy atom. The lowest BCUT2D eigenvalue weighted by Crippen LogP contribution is -2.36. The Hall–Kier alpha value is -1.30. The molecule has 0 aromatic heterocycles. The summed E-state index contributed by atoms with van der Waals surface area (Å²) < 4.78 is 0. The van der Waals surface area contributed by atoms with Gasteiger partial charge in [-0.3, -0.25) is 0 Å². The average molecular weight is 294 g/mol. The fourth-order valence-corrected chi connectivity index (χ4v) is 5.11. The van der Waals surface area contributed by atoms with Gasteiger partial charge in [-0.25, -0.2) is 0 Å². The Bertz CT molecular complexity index is 606. The molecule has 0 bridgehead atoms. The first-order chi connectivity index (χ1) is 10.5. The van der Waals surface area contributed by atoms with Gasteiger partial charge in [-0.1, -0.05) is 82.2 Å². The quantitative estimate of drug-likeness (QED) is 0.618. The number of benzene rings is 1. The van der Waals surface area contributed by atoms with Crippen LogP contribution in [0.4, 0.5) is 0 Å². The molecule has 0 heterocycles. The van der Waals surface area contributed by atoms with E-state index in [4.69, 9.17) is 0 Å². The zero-order valence-corrected chi connectivity index (χ0v) is 14.7. The van der Waals surface area contributed by atoms with Gasteiger partial charge in [0.15, 0.2) is 0 Å². The van der Waals surface area contributed by atoms with Crippen molar-refractivity contribution in [2.24, 2.45) is 11.3 Å². The third-order valence-corrected chi connectivity index (χ3v) is 6.26. The normalized spacial score (nSPS) is 33.6. The lowest BCUT2D eigenvalue weighted by atomic mass is 9.59. The Labute approximate surface area is 136 Å². The minimum atomic E-state index is 0.233. The van der Waals surface area contributed by atoms with Crippen LogP contribution >= 0.6 is 0 Å². The van der Waals surface area contributed by atoms with E-state index in [1.165, 1.54) is 32.1 Å². The average Bonchev–Trinajstić information content (AvgIpc) is 2.86. The molecule has 0 amide bonds. The first kappa shape index (κ1) is 15.6. The van der Waals surface area contributed by atoms with Crippen molar-refractivity contribution in [1.82, 2.24) is 0 Å². The van der Waals surface area contributed by atoms with Crippen molar-refractivity contribution in [3.8, 4) is 0 Å². The summed E-state index contributed by atoms with van der Waals surface area (Å²) in [7, 11) is 0. The molecule has 1 aromatic rings. The molecule has 0 N–H and O–H groups in total. The van der Waals surface area contributed by atoms with Crippen LogP contribution in [-0.2, 0) is 11.8 Å². The Morgan fingerprint density at radius 1 is 1.14 bits per heavy atom. The molecule has 0 saturated heterocycles. The highest BCUT2D eigenvalue weighted by atomic mass is 14.5. The standard InChI is InChI=1S/C22H30/c1-5-14-21(3)15-9-12-20(18(21)6-2)22(4)16-13-17-10-7-8-11-19(17)22/h7-12,15,18H,5-6,13-14,16H2,1-4H3. The van der Waals surface area contributed by atoms with E-state index in [1.54, 1.807) is 16.7 Å². The molecule has 118 valence electrons. The molecule has 3 unspecified atom stereocenters. The van der Waals surface area contributed by atoms with Gasteiger partial charge in [0.1, 0.15) is 0 Å². The van der Waals surface area contributed by atoms with E-state index in [2.05, 4.69) is 70.2 Å². The van der Waals surface area contributed by atoms with Crippen LogP contribution in [0.3, 0.4) is 0 Å². The number of fused-ring (bicyclic) bond motifs is 1. The number of allylic oxidation sites excluding steroid dienone is 4. The van der Waals surface area contributed by atoms with Crippen molar-refractivity contribution >= 4 is 0 Å². The SMILES string of the molecule is CCCC1(C)C=CC=C(C2(C)CCc3ccccc32)C1CC. The molecular weight excluding hydrogens is 264 g/mol. The summed E-state index contributed by atoms with van der Waals surface area (Å²) in [4.78, 5) is 0. The summed E-state index contributed by atoms with van der Waals surface area (Å²) in [6.45, 7) is 9.64. The molecule has 2 aliphatic rings. The van der Waals surface area contributed by atoms with E-state index in [0.29, 0.717) is 11.3 Å². The van der Waals surface area contributed by atoms with Crippen molar-refractivity contribution in [3.05, 3.63) is 59.2 Å². The maximum absolute atomic E-state index is 2.48.